The minimum absolute atomic E-state index is 0.0437. The molecule has 0 heterocycles. The number of hydrogen-bond acceptors (Lipinski definition) is 5. The van der Waals surface area contributed by atoms with Gasteiger partial charge in [-0.1, -0.05) is 38.3 Å². The van der Waals surface area contributed by atoms with Gasteiger partial charge < -0.3 is 29.7 Å². The quantitative estimate of drug-likeness (QED) is 0.161. The summed E-state index contributed by atoms with van der Waals surface area (Å²) in [4.78, 5) is 12.0. The van der Waals surface area contributed by atoms with Gasteiger partial charge in [0.15, 0.2) is 0 Å². The van der Waals surface area contributed by atoms with Crippen LogP contribution in [0.4, 0.5) is 0 Å². The van der Waals surface area contributed by atoms with E-state index in [0.29, 0.717) is 25.7 Å². The number of hydrogen-bond donors (Lipinski definition) is 3. The zero-order chi connectivity index (χ0) is 22.1. The Labute approximate surface area is 177 Å². The van der Waals surface area contributed by atoms with Crippen molar-refractivity contribution in [1.29, 1.82) is 0 Å². The Morgan fingerprint density at radius 3 is 1.79 bits per heavy atom. The summed E-state index contributed by atoms with van der Waals surface area (Å²) in [6.07, 6.45) is 9.68. The van der Waals surface area contributed by atoms with Crippen molar-refractivity contribution in [2.24, 2.45) is 0 Å². The third-order valence-electron chi connectivity index (χ3n) is 5.58. The third kappa shape index (κ3) is 11.5. The fourth-order valence-electron chi connectivity index (χ4n) is 4.11. The predicted molar refractivity (Wildman–Crippen MR) is 115 cm³/mol. The standard InChI is InChI=1S/C23H43NO5/c1-4-7-9-11-14-20(26)18-24(16-17-25,22(13-6-3)23(28)29)19-21(27)15-12-10-8-5-2/h4-5,20-22,25-27H,1-2,6-19H2,3H3. The largest absolute Gasteiger partial charge is 0.544 e. The van der Waals surface area contributed by atoms with Crippen LogP contribution in [0.1, 0.15) is 71.1 Å². The maximum atomic E-state index is 12.0. The van der Waals surface area contributed by atoms with Crippen molar-refractivity contribution in [3.05, 3.63) is 25.3 Å². The predicted octanol–water partition coefficient (Wildman–Crippen LogP) is 1.93. The molecule has 3 unspecified atom stereocenters. The molecule has 0 fully saturated rings. The van der Waals surface area contributed by atoms with Crippen LogP contribution in [-0.4, -0.2) is 70.3 Å². The molecule has 0 aliphatic rings. The number of carbonyl (C=O) groups is 1. The molecule has 3 atom stereocenters. The van der Waals surface area contributed by atoms with Crippen LogP contribution in [0.2, 0.25) is 0 Å². The highest BCUT2D eigenvalue weighted by molar-refractivity contribution is 5.69. The van der Waals surface area contributed by atoms with Crippen molar-refractivity contribution in [3.63, 3.8) is 0 Å². The molecule has 0 saturated heterocycles. The van der Waals surface area contributed by atoms with E-state index in [1.807, 2.05) is 19.1 Å². The lowest BCUT2D eigenvalue weighted by molar-refractivity contribution is -0.950. The lowest BCUT2D eigenvalue weighted by Gasteiger charge is -2.47. The Hall–Kier alpha value is -1.21. The molecule has 0 spiro atoms. The van der Waals surface area contributed by atoms with E-state index in [1.165, 1.54) is 0 Å². The molecule has 6 heteroatoms. The van der Waals surface area contributed by atoms with E-state index in [4.69, 9.17) is 0 Å². The lowest BCUT2D eigenvalue weighted by Crippen LogP contribution is -2.67. The number of rotatable bonds is 20. The van der Waals surface area contributed by atoms with Crippen LogP contribution in [0.15, 0.2) is 25.3 Å². The van der Waals surface area contributed by atoms with Gasteiger partial charge in [-0.25, -0.2) is 0 Å². The summed E-state index contributed by atoms with van der Waals surface area (Å²) in [6.45, 7) is 9.64. The lowest BCUT2D eigenvalue weighted by atomic mass is 10.00. The molecule has 6 nitrogen and oxygen atoms in total. The van der Waals surface area contributed by atoms with Crippen LogP contribution in [0.25, 0.3) is 0 Å². The second-order valence-electron chi connectivity index (χ2n) is 8.11. The molecule has 0 amide bonds. The van der Waals surface area contributed by atoms with Crippen LogP contribution in [-0.2, 0) is 4.79 Å². The summed E-state index contributed by atoms with van der Waals surface area (Å²) in [5.41, 5.74) is 0. The molecule has 29 heavy (non-hydrogen) atoms. The van der Waals surface area contributed by atoms with E-state index >= 15 is 0 Å². The van der Waals surface area contributed by atoms with E-state index in [1.54, 1.807) is 0 Å². The molecular weight excluding hydrogens is 370 g/mol. The van der Waals surface area contributed by atoms with Gasteiger partial charge in [-0.15, -0.1) is 13.2 Å². The SMILES string of the molecule is C=CCCCCC(O)C[N+](CCO)(CC(O)CCCCC=C)C(CCC)C(=O)[O-]. The van der Waals surface area contributed by atoms with Crippen molar-refractivity contribution in [3.8, 4) is 0 Å². The van der Waals surface area contributed by atoms with Gasteiger partial charge in [0.25, 0.3) is 0 Å². The van der Waals surface area contributed by atoms with E-state index < -0.39 is 24.2 Å². The zero-order valence-corrected chi connectivity index (χ0v) is 18.3. The van der Waals surface area contributed by atoms with Gasteiger partial charge in [0.05, 0.1) is 12.6 Å². The average molecular weight is 414 g/mol. The van der Waals surface area contributed by atoms with E-state index in [9.17, 15) is 25.2 Å². The van der Waals surface area contributed by atoms with E-state index in [2.05, 4.69) is 13.2 Å². The van der Waals surface area contributed by atoms with Gasteiger partial charge in [0.1, 0.15) is 37.9 Å². The number of aliphatic hydroxyl groups excluding tert-OH is 3. The summed E-state index contributed by atoms with van der Waals surface area (Å²) in [7, 11) is 0. The first-order chi connectivity index (χ1) is 13.9. The molecule has 0 rings (SSSR count). The molecule has 170 valence electrons. The first kappa shape index (κ1) is 27.8. The van der Waals surface area contributed by atoms with Crippen LogP contribution >= 0.6 is 0 Å². The molecule has 0 aromatic rings. The van der Waals surface area contributed by atoms with Gasteiger partial charge >= 0.3 is 0 Å². The number of carbonyl (C=O) groups excluding carboxylic acids is 1. The second kappa shape index (κ2) is 16.6. The number of unbranched alkanes of at least 4 members (excludes halogenated alkanes) is 4. The summed E-state index contributed by atoms with van der Waals surface area (Å²) in [6, 6.07) is -0.863. The van der Waals surface area contributed by atoms with Crippen molar-refractivity contribution >= 4 is 5.97 Å². The Morgan fingerprint density at radius 1 is 0.966 bits per heavy atom. The molecule has 0 aliphatic heterocycles. The fourth-order valence-corrected chi connectivity index (χ4v) is 4.11. The van der Waals surface area contributed by atoms with Gasteiger partial charge in [-0.3, -0.25) is 0 Å². The number of carboxylic acid groups (broad SMARTS) is 1. The highest BCUT2D eigenvalue weighted by Crippen LogP contribution is 2.23. The third-order valence-corrected chi connectivity index (χ3v) is 5.58. The highest BCUT2D eigenvalue weighted by Gasteiger charge is 2.40. The number of aliphatic hydroxyl groups is 3. The normalized spacial score (nSPS) is 16.6. The number of nitrogens with zero attached hydrogens (tertiary/aromatic N) is 1. The second-order valence-corrected chi connectivity index (χ2v) is 8.11. The Morgan fingerprint density at radius 2 is 1.45 bits per heavy atom. The Kier molecular flexibility index (Phi) is 15.9. The number of aliphatic carboxylic acids is 1. The Bertz CT molecular complexity index is 431. The molecule has 0 radical (unpaired) electrons. The van der Waals surface area contributed by atoms with Crippen LogP contribution in [0.3, 0.4) is 0 Å². The van der Waals surface area contributed by atoms with Crippen molar-refractivity contribution < 1.29 is 29.7 Å². The molecule has 3 N–H and O–H groups in total. The first-order valence-corrected chi connectivity index (χ1v) is 11.1. The summed E-state index contributed by atoms with van der Waals surface area (Å²) in [5.74, 6) is -1.18. The molecule has 0 aromatic heterocycles. The minimum atomic E-state index is -1.18. The summed E-state index contributed by atoms with van der Waals surface area (Å²) < 4.78 is -0.0437. The van der Waals surface area contributed by atoms with E-state index in [-0.39, 0.29) is 30.7 Å². The molecule has 0 saturated carbocycles. The van der Waals surface area contributed by atoms with Crippen molar-refractivity contribution in [2.75, 3.05) is 26.2 Å². The molecule has 0 aliphatic carbocycles. The van der Waals surface area contributed by atoms with Crippen LogP contribution in [0.5, 0.6) is 0 Å². The van der Waals surface area contributed by atoms with Crippen LogP contribution in [0, 0.1) is 0 Å². The van der Waals surface area contributed by atoms with Gasteiger partial charge in [0, 0.05) is 6.42 Å². The smallest absolute Gasteiger partial charge is 0.129 e. The molecule has 0 aromatic carbocycles. The fraction of sp³-hybridized carbons (Fsp3) is 0.783. The monoisotopic (exact) mass is 413 g/mol. The maximum Gasteiger partial charge on any atom is 0.129 e. The number of carboxylic acids is 1. The first-order valence-electron chi connectivity index (χ1n) is 11.1. The van der Waals surface area contributed by atoms with Gasteiger partial charge in [0.2, 0.25) is 0 Å². The number of quaternary nitrogens is 1. The van der Waals surface area contributed by atoms with Gasteiger partial charge in [-0.2, -0.15) is 0 Å². The highest BCUT2D eigenvalue weighted by atomic mass is 16.4. The number of allylic oxidation sites excluding steroid dienone is 2. The van der Waals surface area contributed by atoms with Crippen LogP contribution < -0.4 is 5.11 Å². The van der Waals surface area contributed by atoms with Crippen molar-refractivity contribution in [2.45, 2.75) is 89.4 Å². The zero-order valence-electron chi connectivity index (χ0n) is 18.3. The van der Waals surface area contributed by atoms with E-state index in [0.717, 1.165) is 38.5 Å². The molecular formula is C23H43NO5. The molecule has 0 bridgehead atoms. The summed E-state index contributed by atoms with van der Waals surface area (Å²) in [5, 5.41) is 43.0. The minimum Gasteiger partial charge on any atom is -0.544 e. The maximum absolute atomic E-state index is 12.0. The summed E-state index contributed by atoms with van der Waals surface area (Å²) >= 11 is 0. The topological polar surface area (TPSA) is 101 Å². The van der Waals surface area contributed by atoms with Crippen molar-refractivity contribution in [1.82, 2.24) is 0 Å². The average Bonchev–Trinajstić information content (AvgIpc) is 2.66. The van der Waals surface area contributed by atoms with Gasteiger partial charge in [-0.05, 0) is 38.5 Å². The Balaban J connectivity index is 5.38.